The van der Waals surface area contributed by atoms with Crippen molar-refractivity contribution < 1.29 is 14.3 Å². The van der Waals surface area contributed by atoms with E-state index in [0.29, 0.717) is 23.5 Å². The zero-order valence-corrected chi connectivity index (χ0v) is 13.3. The van der Waals surface area contributed by atoms with Crippen molar-refractivity contribution in [3.05, 3.63) is 60.2 Å². The first-order valence-corrected chi connectivity index (χ1v) is 7.43. The van der Waals surface area contributed by atoms with Crippen molar-refractivity contribution in [2.45, 2.75) is 6.92 Å². The zero-order chi connectivity index (χ0) is 16.7. The van der Waals surface area contributed by atoms with Crippen LogP contribution in [0.3, 0.4) is 0 Å². The van der Waals surface area contributed by atoms with Crippen molar-refractivity contribution in [1.82, 2.24) is 4.90 Å². The van der Waals surface area contributed by atoms with Crippen LogP contribution in [0, 0.1) is 0 Å². The number of amides is 2. The van der Waals surface area contributed by atoms with Crippen LogP contribution < -0.4 is 10.1 Å². The quantitative estimate of drug-likeness (QED) is 0.892. The van der Waals surface area contributed by atoms with Gasteiger partial charge in [-0.15, -0.1) is 0 Å². The second-order valence-corrected chi connectivity index (χ2v) is 4.93. The Labute approximate surface area is 135 Å². The van der Waals surface area contributed by atoms with Crippen LogP contribution >= 0.6 is 0 Å². The van der Waals surface area contributed by atoms with Crippen molar-refractivity contribution in [3.8, 4) is 5.75 Å². The lowest BCUT2D eigenvalue weighted by Crippen LogP contribution is -2.37. The molecule has 23 heavy (non-hydrogen) atoms. The Morgan fingerprint density at radius 1 is 1.04 bits per heavy atom. The third-order valence-corrected chi connectivity index (χ3v) is 3.41. The number of para-hydroxylation sites is 2. The number of hydrogen-bond acceptors (Lipinski definition) is 3. The average Bonchev–Trinajstić information content (AvgIpc) is 2.60. The summed E-state index contributed by atoms with van der Waals surface area (Å²) in [6.45, 7) is 2.28. The van der Waals surface area contributed by atoms with Gasteiger partial charge in [-0.1, -0.05) is 30.3 Å². The maximum absolute atomic E-state index is 12.4. The molecule has 5 heteroatoms. The van der Waals surface area contributed by atoms with E-state index in [9.17, 15) is 9.59 Å². The topological polar surface area (TPSA) is 58.6 Å². The SMILES string of the molecule is CCN(CC(=O)Nc1ccccc1OC)C(=O)c1ccccc1. The molecule has 0 saturated heterocycles. The molecule has 2 aromatic carbocycles. The fourth-order valence-electron chi connectivity index (χ4n) is 2.20. The Kier molecular flexibility index (Phi) is 5.74. The van der Waals surface area contributed by atoms with Crippen LogP contribution in [0.2, 0.25) is 0 Å². The summed E-state index contributed by atoms with van der Waals surface area (Å²) in [6, 6.07) is 16.1. The fourth-order valence-corrected chi connectivity index (χ4v) is 2.20. The second-order valence-electron chi connectivity index (χ2n) is 4.93. The van der Waals surface area contributed by atoms with E-state index in [2.05, 4.69) is 5.32 Å². The summed E-state index contributed by atoms with van der Waals surface area (Å²) in [6.07, 6.45) is 0. The minimum absolute atomic E-state index is 0.0116. The van der Waals surface area contributed by atoms with Gasteiger partial charge in [-0.05, 0) is 31.2 Å². The number of nitrogens with zero attached hydrogens (tertiary/aromatic N) is 1. The molecule has 0 aliphatic rings. The lowest BCUT2D eigenvalue weighted by atomic mass is 10.2. The summed E-state index contributed by atoms with van der Waals surface area (Å²) >= 11 is 0. The van der Waals surface area contributed by atoms with Gasteiger partial charge < -0.3 is 15.0 Å². The van der Waals surface area contributed by atoms with Gasteiger partial charge in [0.05, 0.1) is 12.8 Å². The molecule has 0 fully saturated rings. The predicted octanol–water partition coefficient (Wildman–Crippen LogP) is 2.80. The maximum atomic E-state index is 12.4. The number of ether oxygens (including phenoxy) is 1. The van der Waals surface area contributed by atoms with Crippen molar-refractivity contribution in [2.24, 2.45) is 0 Å². The smallest absolute Gasteiger partial charge is 0.254 e. The highest BCUT2D eigenvalue weighted by Gasteiger charge is 2.17. The summed E-state index contributed by atoms with van der Waals surface area (Å²) in [4.78, 5) is 26.1. The van der Waals surface area contributed by atoms with Crippen LogP contribution in [0.25, 0.3) is 0 Å². The van der Waals surface area contributed by atoms with Crippen LogP contribution in [-0.4, -0.2) is 36.9 Å². The van der Waals surface area contributed by atoms with Crippen molar-refractivity contribution >= 4 is 17.5 Å². The third-order valence-electron chi connectivity index (χ3n) is 3.41. The highest BCUT2D eigenvalue weighted by Crippen LogP contribution is 2.22. The molecule has 0 aliphatic heterocycles. The molecule has 2 amide bonds. The molecular formula is C18H20N2O3. The van der Waals surface area contributed by atoms with E-state index < -0.39 is 0 Å². The van der Waals surface area contributed by atoms with Gasteiger partial charge in [0.1, 0.15) is 12.3 Å². The molecule has 0 aromatic heterocycles. The molecule has 0 spiro atoms. The van der Waals surface area contributed by atoms with E-state index in [4.69, 9.17) is 4.74 Å². The molecule has 0 aliphatic carbocycles. The Bertz CT molecular complexity index is 671. The number of carbonyl (C=O) groups is 2. The standard InChI is InChI=1S/C18H20N2O3/c1-3-20(18(22)14-9-5-4-6-10-14)13-17(21)19-15-11-7-8-12-16(15)23-2/h4-12H,3,13H2,1-2H3,(H,19,21). The van der Waals surface area contributed by atoms with Gasteiger partial charge in [0, 0.05) is 12.1 Å². The first-order valence-electron chi connectivity index (χ1n) is 7.43. The Hall–Kier alpha value is -2.82. The fraction of sp³-hybridized carbons (Fsp3) is 0.222. The Morgan fingerprint density at radius 2 is 1.70 bits per heavy atom. The third kappa shape index (κ3) is 4.32. The molecule has 1 N–H and O–H groups in total. The number of nitrogens with one attached hydrogen (secondary N) is 1. The first kappa shape index (κ1) is 16.5. The minimum Gasteiger partial charge on any atom is -0.495 e. The van der Waals surface area contributed by atoms with Gasteiger partial charge in [-0.3, -0.25) is 9.59 Å². The van der Waals surface area contributed by atoms with E-state index in [0.717, 1.165) is 0 Å². The van der Waals surface area contributed by atoms with Crippen LogP contribution in [-0.2, 0) is 4.79 Å². The highest BCUT2D eigenvalue weighted by molar-refractivity contribution is 5.99. The summed E-state index contributed by atoms with van der Waals surface area (Å²) in [5.41, 5.74) is 1.16. The molecule has 2 aromatic rings. The van der Waals surface area contributed by atoms with E-state index in [-0.39, 0.29) is 18.4 Å². The van der Waals surface area contributed by atoms with E-state index >= 15 is 0 Å². The Balaban J connectivity index is 2.04. The lowest BCUT2D eigenvalue weighted by Gasteiger charge is -2.20. The molecule has 0 atom stereocenters. The molecule has 5 nitrogen and oxygen atoms in total. The van der Waals surface area contributed by atoms with Gasteiger partial charge in [0.15, 0.2) is 0 Å². The van der Waals surface area contributed by atoms with Gasteiger partial charge in [-0.2, -0.15) is 0 Å². The summed E-state index contributed by atoms with van der Waals surface area (Å²) in [5.74, 6) is 0.155. The molecule has 0 saturated carbocycles. The molecule has 0 heterocycles. The van der Waals surface area contributed by atoms with Gasteiger partial charge in [0.25, 0.3) is 5.91 Å². The monoisotopic (exact) mass is 312 g/mol. The maximum Gasteiger partial charge on any atom is 0.254 e. The van der Waals surface area contributed by atoms with Crippen molar-refractivity contribution in [3.63, 3.8) is 0 Å². The molecule has 0 unspecified atom stereocenters. The van der Waals surface area contributed by atoms with Crippen LogP contribution in [0.4, 0.5) is 5.69 Å². The molecule has 2 rings (SSSR count). The summed E-state index contributed by atoms with van der Waals surface area (Å²) in [5, 5.41) is 2.77. The number of methoxy groups -OCH3 is 1. The second kappa shape index (κ2) is 7.98. The summed E-state index contributed by atoms with van der Waals surface area (Å²) < 4.78 is 5.20. The predicted molar refractivity (Wildman–Crippen MR) is 89.6 cm³/mol. The minimum atomic E-state index is -0.263. The first-order chi connectivity index (χ1) is 11.2. The largest absolute Gasteiger partial charge is 0.495 e. The molecule has 0 radical (unpaired) electrons. The van der Waals surface area contributed by atoms with Gasteiger partial charge in [0.2, 0.25) is 5.91 Å². The number of rotatable bonds is 6. The number of anilines is 1. The van der Waals surface area contributed by atoms with E-state index in [1.807, 2.05) is 25.1 Å². The van der Waals surface area contributed by atoms with Crippen molar-refractivity contribution in [2.75, 3.05) is 25.5 Å². The number of hydrogen-bond donors (Lipinski definition) is 1. The average molecular weight is 312 g/mol. The van der Waals surface area contributed by atoms with Crippen LogP contribution in [0.1, 0.15) is 17.3 Å². The number of carbonyl (C=O) groups excluding carboxylic acids is 2. The normalized spacial score (nSPS) is 10.0. The van der Waals surface area contributed by atoms with E-state index in [1.165, 1.54) is 4.90 Å². The molecule has 120 valence electrons. The van der Waals surface area contributed by atoms with Crippen molar-refractivity contribution in [1.29, 1.82) is 0 Å². The van der Waals surface area contributed by atoms with Crippen LogP contribution in [0.5, 0.6) is 5.75 Å². The molecular weight excluding hydrogens is 292 g/mol. The highest BCUT2D eigenvalue weighted by atomic mass is 16.5. The Morgan fingerprint density at radius 3 is 2.35 bits per heavy atom. The van der Waals surface area contributed by atoms with Gasteiger partial charge >= 0.3 is 0 Å². The van der Waals surface area contributed by atoms with Gasteiger partial charge in [-0.25, -0.2) is 0 Å². The molecule has 0 bridgehead atoms. The zero-order valence-electron chi connectivity index (χ0n) is 13.3. The summed E-state index contributed by atoms with van der Waals surface area (Å²) in [7, 11) is 1.54. The number of benzene rings is 2. The van der Waals surface area contributed by atoms with Crippen LogP contribution in [0.15, 0.2) is 54.6 Å². The lowest BCUT2D eigenvalue weighted by molar-refractivity contribution is -0.116. The van der Waals surface area contributed by atoms with E-state index in [1.54, 1.807) is 43.5 Å². The number of likely N-dealkylation sites (N-methyl/N-ethyl adjacent to an activating group) is 1.